The molecule has 0 bridgehead atoms. The first-order valence-electron chi connectivity index (χ1n) is 12.1. The van der Waals surface area contributed by atoms with E-state index in [9.17, 15) is 10.5 Å². The van der Waals surface area contributed by atoms with Gasteiger partial charge in [-0.1, -0.05) is 119 Å². The van der Waals surface area contributed by atoms with Crippen molar-refractivity contribution in [3.63, 3.8) is 0 Å². The Bertz CT molecular complexity index is 1090. The lowest BCUT2D eigenvalue weighted by Crippen LogP contribution is -3.04. The summed E-state index contributed by atoms with van der Waals surface area (Å²) in [6, 6.07) is 13.1. The van der Waals surface area contributed by atoms with E-state index in [1.807, 2.05) is 6.08 Å². The maximum Gasteiger partial charge on any atom is 0.130 e. The Morgan fingerprint density at radius 3 is 1.64 bits per heavy atom. The van der Waals surface area contributed by atoms with E-state index < -0.39 is 42.7 Å². The smallest absolute Gasteiger partial charge is 0.130 e. The Kier molecular flexibility index (Phi) is 6.50. The summed E-state index contributed by atoms with van der Waals surface area (Å²) in [7, 11) is -9.95. The van der Waals surface area contributed by atoms with Crippen molar-refractivity contribution in [1.29, 1.82) is 10.5 Å². The van der Waals surface area contributed by atoms with E-state index in [1.54, 1.807) is 5.19 Å². The van der Waals surface area contributed by atoms with E-state index in [1.165, 1.54) is 0 Å². The SMILES string of the molecule is C[Si]1(C)[Si](C)(C)[Si](C)(C2C=CC=C2)[Si](C)(C)[Si](C)(C)[Si]1(C)c1ccccc1C=C(C#N)C#N. The van der Waals surface area contributed by atoms with Crippen LogP contribution in [-0.2, 0) is 0 Å². The summed E-state index contributed by atoms with van der Waals surface area (Å²) in [6.07, 6.45) is 11.7. The molecule has 0 amide bonds. The number of allylic oxidation sites excluding steroid dienone is 5. The fourth-order valence-electron chi connectivity index (χ4n) is 7.76. The van der Waals surface area contributed by atoms with Crippen molar-refractivity contribution in [3.8, 4) is 12.1 Å². The number of nitriles is 2. The molecule has 1 aromatic rings. The lowest BCUT2D eigenvalue weighted by Gasteiger charge is -2.75. The van der Waals surface area contributed by atoms with Crippen LogP contribution in [0.1, 0.15) is 5.56 Å². The van der Waals surface area contributed by atoms with Crippen molar-refractivity contribution in [2.24, 2.45) is 0 Å². The van der Waals surface area contributed by atoms with Crippen molar-refractivity contribution >= 4 is 53.9 Å². The van der Waals surface area contributed by atoms with Crippen molar-refractivity contribution in [3.05, 3.63) is 59.7 Å². The van der Waals surface area contributed by atoms with E-state index in [4.69, 9.17) is 0 Å². The number of rotatable bonds is 3. The van der Waals surface area contributed by atoms with Crippen molar-refractivity contribution in [2.45, 2.75) is 71.0 Å². The third kappa shape index (κ3) is 3.08. The van der Waals surface area contributed by atoms with Gasteiger partial charge in [0.2, 0.25) is 0 Å². The Morgan fingerprint density at radius 1 is 0.727 bits per heavy atom. The summed E-state index contributed by atoms with van der Waals surface area (Å²) in [6.45, 7) is 28.0. The first-order valence-corrected chi connectivity index (χ1v) is 35.1. The zero-order valence-electron chi connectivity index (χ0n) is 22.2. The van der Waals surface area contributed by atoms with E-state index in [0.29, 0.717) is 0 Å². The van der Waals surface area contributed by atoms with Crippen molar-refractivity contribution in [2.75, 3.05) is 0 Å². The summed E-state index contributed by atoms with van der Waals surface area (Å²) in [5, 5.41) is 20.6. The molecule has 33 heavy (non-hydrogen) atoms. The van der Waals surface area contributed by atoms with Gasteiger partial charge in [0.1, 0.15) is 17.7 Å². The van der Waals surface area contributed by atoms with Crippen molar-refractivity contribution < 1.29 is 0 Å². The highest BCUT2D eigenvalue weighted by Gasteiger charge is 2.80. The molecule has 1 aliphatic heterocycles. The van der Waals surface area contributed by atoms with E-state index in [2.05, 4.69) is 126 Å². The molecule has 0 N–H and O–H groups in total. The van der Waals surface area contributed by atoms with Gasteiger partial charge >= 0.3 is 0 Å². The minimum absolute atomic E-state index is 0.225. The maximum absolute atomic E-state index is 9.51. The predicted molar refractivity (Wildman–Crippen MR) is 160 cm³/mol. The Labute approximate surface area is 206 Å². The molecule has 1 heterocycles. The normalized spacial score (nSPS) is 30.9. The van der Waals surface area contributed by atoms with Crippen LogP contribution in [0.2, 0.25) is 71.0 Å². The Morgan fingerprint density at radius 2 is 1.18 bits per heavy atom. The molecule has 0 aromatic heterocycles. The second kappa shape index (κ2) is 8.15. The number of hydrogen-bond acceptors (Lipinski definition) is 2. The van der Waals surface area contributed by atoms with Crippen LogP contribution in [0.3, 0.4) is 0 Å². The van der Waals surface area contributed by atoms with Crippen LogP contribution in [0.5, 0.6) is 0 Å². The second-order valence-corrected chi connectivity index (χ2v) is 82.6. The third-order valence-electron chi connectivity index (χ3n) is 11.7. The van der Waals surface area contributed by atoms with E-state index >= 15 is 0 Å². The van der Waals surface area contributed by atoms with Gasteiger partial charge in [0, 0.05) is 35.5 Å². The van der Waals surface area contributed by atoms with E-state index in [-0.39, 0.29) is 5.57 Å². The van der Waals surface area contributed by atoms with Crippen molar-refractivity contribution in [1.82, 2.24) is 0 Å². The Balaban J connectivity index is 2.43. The van der Waals surface area contributed by atoms with Gasteiger partial charge in [0.15, 0.2) is 0 Å². The molecule has 1 aliphatic carbocycles. The summed E-state index contributed by atoms with van der Waals surface area (Å²) in [5.74, 6) is 0. The zero-order valence-corrected chi connectivity index (χ0v) is 28.2. The molecular formula is C25H40N2Si6. The van der Waals surface area contributed by atoms with Gasteiger partial charge in [0.05, 0.1) is 7.11 Å². The van der Waals surface area contributed by atoms with Gasteiger partial charge in [-0.05, 0) is 17.2 Å². The molecule has 1 fully saturated rings. The minimum atomic E-state index is -1.89. The summed E-state index contributed by atoms with van der Waals surface area (Å²) < 4.78 is 0. The second-order valence-electron chi connectivity index (χ2n) is 12.5. The molecule has 0 spiro atoms. The minimum Gasteiger partial charge on any atom is -0.192 e. The number of benzene rings is 1. The standard InChI is InChI=1S/C25H40N2Si6/c1-28(2)30(5,6)33(10,25-18-14-11-15-23(25)19-22(20-26)21-27)31(7,8)29(3,4)32(28,9)24-16-12-13-17-24/h11-19,24H,1-10H3. The van der Waals surface area contributed by atoms with Gasteiger partial charge < -0.3 is 0 Å². The molecule has 2 aliphatic rings. The van der Waals surface area contributed by atoms with Crippen LogP contribution in [0.4, 0.5) is 0 Å². The van der Waals surface area contributed by atoms with Gasteiger partial charge in [-0.2, -0.15) is 10.5 Å². The van der Waals surface area contributed by atoms with E-state index in [0.717, 1.165) is 11.1 Å². The highest BCUT2D eigenvalue weighted by molar-refractivity contribution is 8.15. The average Bonchev–Trinajstić information content (AvgIpc) is 3.30. The van der Waals surface area contributed by atoms with Crippen LogP contribution >= 0.6 is 0 Å². The predicted octanol–water partition coefficient (Wildman–Crippen LogP) is 6.30. The van der Waals surface area contributed by atoms with Gasteiger partial charge in [-0.25, -0.2) is 0 Å². The molecular weight excluding hydrogens is 497 g/mol. The number of nitrogens with zero attached hydrogens (tertiary/aromatic N) is 2. The summed E-state index contributed by atoms with van der Waals surface area (Å²) in [4.78, 5) is 0. The molecule has 2 nitrogen and oxygen atoms in total. The van der Waals surface area contributed by atoms with Gasteiger partial charge in [-0.15, -0.1) is 0 Å². The van der Waals surface area contributed by atoms with Crippen LogP contribution < -0.4 is 5.19 Å². The highest BCUT2D eigenvalue weighted by atomic mass is 30.2. The Hall–Kier alpha value is -1.28. The fourth-order valence-corrected chi connectivity index (χ4v) is 252. The quantitative estimate of drug-likeness (QED) is 0.336. The largest absolute Gasteiger partial charge is 0.192 e. The van der Waals surface area contributed by atoms with Crippen LogP contribution in [0, 0.1) is 22.7 Å². The molecule has 174 valence electrons. The summed E-state index contributed by atoms with van der Waals surface area (Å²) in [5.41, 5.74) is 2.10. The molecule has 0 unspecified atom stereocenters. The molecule has 0 atom stereocenters. The molecule has 3 rings (SSSR count). The fraction of sp³-hybridized carbons (Fsp3) is 0.440. The molecule has 8 heteroatoms. The van der Waals surface area contributed by atoms with Crippen LogP contribution in [0.15, 0.2) is 54.1 Å². The van der Waals surface area contributed by atoms with Gasteiger partial charge in [0.25, 0.3) is 0 Å². The van der Waals surface area contributed by atoms with Crippen LogP contribution in [-0.4, -0.2) is 42.7 Å². The maximum atomic E-state index is 9.51. The first-order chi connectivity index (χ1) is 15.1. The number of hydrogen-bond donors (Lipinski definition) is 0. The molecule has 0 saturated carbocycles. The topological polar surface area (TPSA) is 47.6 Å². The highest BCUT2D eigenvalue weighted by Crippen LogP contribution is 2.56. The average molecular weight is 537 g/mol. The lowest BCUT2D eigenvalue weighted by molar-refractivity contribution is 1.35. The van der Waals surface area contributed by atoms with Gasteiger partial charge in [-0.3, -0.25) is 0 Å². The molecule has 1 saturated heterocycles. The molecule has 1 aromatic carbocycles. The molecule has 0 radical (unpaired) electrons. The lowest BCUT2D eigenvalue weighted by atomic mass is 10.1. The first kappa shape index (κ1) is 26.3. The summed E-state index contributed by atoms with van der Waals surface area (Å²) >= 11 is 0. The zero-order chi connectivity index (χ0) is 25.1. The van der Waals surface area contributed by atoms with Crippen LogP contribution in [0.25, 0.3) is 6.08 Å². The monoisotopic (exact) mass is 536 g/mol. The third-order valence-corrected chi connectivity index (χ3v) is 161.